The Morgan fingerprint density at radius 3 is 2.38 bits per heavy atom. The van der Waals surface area contributed by atoms with E-state index in [0.29, 0.717) is 35.8 Å². The molecule has 172 valence electrons. The van der Waals surface area contributed by atoms with Crippen LogP contribution in [0.4, 0.5) is 0 Å². The average Bonchev–Trinajstić information content (AvgIpc) is 2.74. The molecule has 0 aromatic heterocycles. The number of carbonyl (C=O) groups excluding carboxylic acids is 1. The van der Waals surface area contributed by atoms with E-state index in [1.807, 2.05) is 44.2 Å². The zero-order chi connectivity index (χ0) is 23.7. The average molecular weight is 634 g/mol. The Balaban J connectivity index is 2.36. The standard InChI is InChI=1S/C23H24Br3NO5/c1-15(2)4-11-19-20(30-3)12-7-17(8-13-21(28)27-29)22(19)31-14-16-5-9-18(10-6-16)32-23(24,25)26/h4-10,12-13,29H,11,14H2,1-3H3,(H,27,28)/b13-8+. The lowest BCUT2D eigenvalue weighted by Crippen LogP contribution is -2.14. The summed E-state index contributed by atoms with van der Waals surface area (Å²) in [6.07, 6.45) is 5.51. The van der Waals surface area contributed by atoms with Gasteiger partial charge in [-0.1, -0.05) is 23.8 Å². The van der Waals surface area contributed by atoms with Gasteiger partial charge in [0, 0.05) is 17.2 Å². The SMILES string of the molecule is COc1ccc(/C=C/C(=O)NO)c(OCc2ccc(OC(Br)(Br)Br)cc2)c1CC=C(C)C. The van der Waals surface area contributed by atoms with Crippen molar-refractivity contribution in [1.82, 2.24) is 5.48 Å². The summed E-state index contributed by atoms with van der Waals surface area (Å²) in [5, 5.41) is 8.78. The molecular formula is C23H24Br3NO5. The Labute approximate surface area is 213 Å². The van der Waals surface area contributed by atoms with Crippen LogP contribution in [0.5, 0.6) is 17.2 Å². The molecule has 32 heavy (non-hydrogen) atoms. The quantitative estimate of drug-likeness (QED) is 0.109. The summed E-state index contributed by atoms with van der Waals surface area (Å²) >= 11 is 9.90. The molecule has 0 heterocycles. The van der Waals surface area contributed by atoms with E-state index in [9.17, 15) is 4.79 Å². The van der Waals surface area contributed by atoms with Crippen molar-refractivity contribution in [2.75, 3.05) is 7.11 Å². The highest BCUT2D eigenvalue weighted by molar-refractivity contribution is 9.39. The first-order valence-corrected chi connectivity index (χ1v) is 11.9. The maximum atomic E-state index is 11.5. The van der Waals surface area contributed by atoms with Crippen molar-refractivity contribution in [1.29, 1.82) is 0 Å². The van der Waals surface area contributed by atoms with Crippen LogP contribution in [0.25, 0.3) is 6.08 Å². The maximum absolute atomic E-state index is 11.5. The summed E-state index contributed by atoms with van der Waals surface area (Å²) in [6.45, 7) is 4.34. The van der Waals surface area contributed by atoms with Gasteiger partial charge in [0.2, 0.25) is 0 Å². The monoisotopic (exact) mass is 631 g/mol. The summed E-state index contributed by atoms with van der Waals surface area (Å²) in [5.41, 5.74) is 5.24. The highest BCUT2D eigenvalue weighted by Crippen LogP contribution is 2.37. The summed E-state index contributed by atoms with van der Waals surface area (Å²) in [5.74, 6) is 1.32. The molecule has 2 aromatic rings. The molecule has 0 aliphatic carbocycles. The minimum Gasteiger partial charge on any atom is -0.496 e. The zero-order valence-electron chi connectivity index (χ0n) is 17.8. The molecule has 6 nitrogen and oxygen atoms in total. The number of nitrogens with one attached hydrogen (secondary N) is 1. The minimum absolute atomic E-state index is 0.296. The van der Waals surface area contributed by atoms with E-state index < -0.39 is 8.24 Å². The van der Waals surface area contributed by atoms with Gasteiger partial charge in [-0.05, 0) is 104 Å². The van der Waals surface area contributed by atoms with Crippen LogP contribution in [0, 0.1) is 0 Å². The van der Waals surface area contributed by atoms with E-state index in [1.54, 1.807) is 24.7 Å². The largest absolute Gasteiger partial charge is 0.496 e. The van der Waals surface area contributed by atoms with Crippen molar-refractivity contribution in [2.24, 2.45) is 0 Å². The predicted octanol–water partition coefficient (Wildman–Crippen LogP) is 6.48. The highest BCUT2D eigenvalue weighted by Gasteiger charge is 2.19. The second-order valence-electron chi connectivity index (χ2n) is 6.94. The molecule has 2 N–H and O–H groups in total. The fourth-order valence-electron chi connectivity index (χ4n) is 2.77. The van der Waals surface area contributed by atoms with Gasteiger partial charge in [-0.15, -0.1) is 0 Å². The lowest BCUT2D eigenvalue weighted by atomic mass is 10.0. The fourth-order valence-corrected chi connectivity index (χ4v) is 3.33. The molecule has 0 bridgehead atoms. The van der Waals surface area contributed by atoms with Crippen LogP contribution in [0.15, 0.2) is 54.1 Å². The molecule has 0 aliphatic rings. The van der Waals surface area contributed by atoms with Crippen molar-refractivity contribution in [2.45, 2.75) is 29.2 Å². The molecule has 0 aliphatic heterocycles. The fraction of sp³-hybridized carbons (Fsp3) is 0.261. The third-order valence-corrected chi connectivity index (χ3v) is 4.73. The summed E-state index contributed by atoms with van der Waals surface area (Å²) < 4.78 is 16.6. The van der Waals surface area contributed by atoms with Crippen molar-refractivity contribution in [3.63, 3.8) is 0 Å². The number of hydrogen-bond acceptors (Lipinski definition) is 5. The number of amides is 1. The molecule has 0 unspecified atom stereocenters. The van der Waals surface area contributed by atoms with E-state index in [-0.39, 0.29) is 0 Å². The van der Waals surface area contributed by atoms with Gasteiger partial charge in [-0.2, -0.15) is 0 Å². The molecule has 2 rings (SSSR count). The van der Waals surface area contributed by atoms with E-state index in [4.69, 9.17) is 19.4 Å². The van der Waals surface area contributed by atoms with Gasteiger partial charge in [-0.3, -0.25) is 10.0 Å². The van der Waals surface area contributed by atoms with Crippen LogP contribution in [0.3, 0.4) is 0 Å². The van der Waals surface area contributed by atoms with E-state index in [1.165, 1.54) is 6.08 Å². The Morgan fingerprint density at radius 1 is 1.12 bits per heavy atom. The third-order valence-electron chi connectivity index (χ3n) is 4.25. The number of ether oxygens (including phenoxy) is 3. The first kappa shape index (κ1) is 26.4. The summed E-state index contributed by atoms with van der Waals surface area (Å²) in [6, 6.07) is 11.1. The molecule has 1 amide bonds. The number of carbonyl (C=O) groups is 1. The molecule has 9 heteroatoms. The van der Waals surface area contributed by atoms with Crippen molar-refractivity contribution < 1.29 is 24.2 Å². The lowest BCUT2D eigenvalue weighted by Gasteiger charge is -2.18. The molecule has 0 atom stereocenters. The first-order valence-electron chi connectivity index (χ1n) is 9.55. The lowest BCUT2D eigenvalue weighted by molar-refractivity contribution is -0.124. The molecule has 0 saturated carbocycles. The van der Waals surface area contributed by atoms with Gasteiger partial charge in [0.25, 0.3) is 8.24 Å². The Kier molecular flexibility index (Phi) is 10.3. The molecule has 0 spiro atoms. The second-order valence-corrected chi connectivity index (χ2v) is 13.5. The van der Waals surface area contributed by atoms with Gasteiger partial charge in [0.05, 0.1) is 7.11 Å². The first-order chi connectivity index (χ1) is 15.1. The molecule has 0 fully saturated rings. The third kappa shape index (κ3) is 8.61. The van der Waals surface area contributed by atoms with Crippen LogP contribution in [-0.4, -0.2) is 20.6 Å². The normalized spacial score (nSPS) is 11.2. The molecular weight excluding hydrogens is 610 g/mol. The van der Waals surface area contributed by atoms with Gasteiger partial charge in [-0.25, -0.2) is 5.48 Å². The zero-order valence-corrected chi connectivity index (χ0v) is 22.6. The Hall–Kier alpha value is -1.81. The van der Waals surface area contributed by atoms with Crippen molar-refractivity contribution in [3.8, 4) is 17.2 Å². The van der Waals surface area contributed by atoms with Gasteiger partial charge in [0.15, 0.2) is 0 Å². The summed E-state index contributed by atoms with van der Waals surface area (Å²) in [4.78, 5) is 11.5. The van der Waals surface area contributed by atoms with Gasteiger partial charge >= 0.3 is 0 Å². The van der Waals surface area contributed by atoms with Crippen LogP contribution in [0.1, 0.15) is 30.5 Å². The van der Waals surface area contributed by atoms with Crippen LogP contribution in [-0.2, 0) is 17.8 Å². The van der Waals surface area contributed by atoms with Gasteiger partial charge < -0.3 is 14.2 Å². The number of allylic oxidation sites excluding steroid dienone is 2. The Bertz CT molecular complexity index is 978. The van der Waals surface area contributed by atoms with Gasteiger partial charge in [0.1, 0.15) is 23.9 Å². The van der Waals surface area contributed by atoms with Crippen molar-refractivity contribution in [3.05, 3.63) is 70.8 Å². The Morgan fingerprint density at radius 2 is 1.81 bits per heavy atom. The summed E-state index contributed by atoms with van der Waals surface area (Å²) in [7, 11) is 1.61. The molecule has 2 aromatic carbocycles. The number of hydroxylamine groups is 1. The molecule has 0 saturated heterocycles. The second kappa shape index (κ2) is 12.4. The van der Waals surface area contributed by atoms with Crippen LogP contribution >= 0.6 is 47.8 Å². The van der Waals surface area contributed by atoms with Crippen LogP contribution < -0.4 is 19.7 Å². The smallest absolute Gasteiger partial charge is 0.272 e. The number of hydrogen-bond donors (Lipinski definition) is 2. The number of alkyl halides is 3. The predicted molar refractivity (Wildman–Crippen MR) is 136 cm³/mol. The number of halogens is 3. The number of benzene rings is 2. The number of methoxy groups -OCH3 is 1. The highest BCUT2D eigenvalue weighted by atomic mass is 80.0. The number of rotatable bonds is 9. The van der Waals surface area contributed by atoms with Crippen LogP contribution in [0.2, 0.25) is 0 Å². The minimum atomic E-state index is -0.826. The molecule has 0 radical (unpaired) electrons. The topological polar surface area (TPSA) is 77.0 Å². The van der Waals surface area contributed by atoms with E-state index in [2.05, 4.69) is 53.9 Å². The van der Waals surface area contributed by atoms with E-state index >= 15 is 0 Å². The maximum Gasteiger partial charge on any atom is 0.272 e. The van der Waals surface area contributed by atoms with Crippen molar-refractivity contribution >= 4 is 59.8 Å². The van der Waals surface area contributed by atoms with E-state index in [0.717, 1.165) is 16.7 Å².